The lowest BCUT2D eigenvalue weighted by molar-refractivity contribution is -0.121. The van der Waals surface area contributed by atoms with Crippen LogP contribution in [-0.4, -0.2) is 41.0 Å². The van der Waals surface area contributed by atoms with E-state index in [1.807, 2.05) is 0 Å². The van der Waals surface area contributed by atoms with E-state index in [0.29, 0.717) is 18.5 Å². The normalized spacial score (nSPS) is 17.4. The smallest absolute Gasteiger partial charge is 0.254 e. The van der Waals surface area contributed by atoms with Gasteiger partial charge in [-0.2, -0.15) is 0 Å². The molecule has 1 atom stereocenters. The largest absolute Gasteiger partial charge is 0.384 e. The SMILES string of the molecule is NC(=O)C1CCCN1C(=O)c1ccc(C#CCO)cc1. The molecular weight excluding hydrogens is 256 g/mol. The third-order valence-electron chi connectivity index (χ3n) is 3.29. The minimum Gasteiger partial charge on any atom is -0.384 e. The maximum atomic E-state index is 12.3. The summed E-state index contributed by atoms with van der Waals surface area (Å²) in [6.45, 7) is 0.354. The molecule has 1 aliphatic heterocycles. The fourth-order valence-electron chi connectivity index (χ4n) is 2.31. The van der Waals surface area contributed by atoms with Gasteiger partial charge in [0.25, 0.3) is 5.91 Å². The summed E-state index contributed by atoms with van der Waals surface area (Å²) in [5, 5.41) is 8.62. The van der Waals surface area contributed by atoms with Crippen LogP contribution in [0.2, 0.25) is 0 Å². The summed E-state index contributed by atoms with van der Waals surface area (Å²) >= 11 is 0. The van der Waals surface area contributed by atoms with Crippen LogP contribution in [0.1, 0.15) is 28.8 Å². The van der Waals surface area contributed by atoms with Crippen LogP contribution >= 0.6 is 0 Å². The third-order valence-corrected chi connectivity index (χ3v) is 3.29. The number of primary amides is 1. The Morgan fingerprint density at radius 2 is 2.05 bits per heavy atom. The number of nitrogens with zero attached hydrogens (tertiary/aromatic N) is 1. The highest BCUT2D eigenvalue weighted by Gasteiger charge is 2.32. The summed E-state index contributed by atoms with van der Waals surface area (Å²) in [5.74, 6) is 4.65. The van der Waals surface area contributed by atoms with Gasteiger partial charge in [0.1, 0.15) is 12.6 Å². The molecule has 0 saturated carbocycles. The molecule has 1 unspecified atom stereocenters. The number of hydrogen-bond donors (Lipinski definition) is 2. The molecule has 2 rings (SSSR count). The van der Waals surface area contributed by atoms with Gasteiger partial charge in [-0.15, -0.1) is 0 Å². The van der Waals surface area contributed by atoms with E-state index in [0.717, 1.165) is 12.0 Å². The highest BCUT2D eigenvalue weighted by molar-refractivity contribution is 5.97. The summed E-state index contributed by atoms with van der Waals surface area (Å²) in [4.78, 5) is 25.2. The Hall–Kier alpha value is -2.32. The number of benzene rings is 1. The first-order valence-corrected chi connectivity index (χ1v) is 6.43. The van der Waals surface area contributed by atoms with E-state index in [9.17, 15) is 9.59 Å². The topological polar surface area (TPSA) is 83.6 Å². The van der Waals surface area contributed by atoms with Crippen molar-refractivity contribution < 1.29 is 14.7 Å². The maximum Gasteiger partial charge on any atom is 0.254 e. The number of amides is 2. The predicted octanol–water partition coefficient (Wildman–Crippen LogP) is 0.120. The first kappa shape index (κ1) is 14.1. The quantitative estimate of drug-likeness (QED) is 0.750. The molecule has 2 amide bonds. The highest BCUT2D eigenvalue weighted by Crippen LogP contribution is 2.20. The monoisotopic (exact) mass is 272 g/mol. The van der Waals surface area contributed by atoms with Crippen molar-refractivity contribution in [1.82, 2.24) is 4.90 Å². The molecule has 1 heterocycles. The van der Waals surface area contributed by atoms with Gasteiger partial charge in [-0.05, 0) is 37.1 Å². The molecule has 104 valence electrons. The summed E-state index contributed by atoms with van der Waals surface area (Å²) in [5.41, 5.74) is 6.54. The second-order valence-electron chi connectivity index (χ2n) is 4.60. The van der Waals surface area contributed by atoms with E-state index < -0.39 is 11.9 Å². The number of hydrogen-bond acceptors (Lipinski definition) is 3. The zero-order valence-electron chi connectivity index (χ0n) is 11.0. The summed E-state index contributed by atoms with van der Waals surface area (Å²) in [6.07, 6.45) is 1.42. The van der Waals surface area contributed by atoms with Gasteiger partial charge in [0.15, 0.2) is 0 Å². The van der Waals surface area contributed by atoms with Crippen molar-refractivity contribution in [2.45, 2.75) is 18.9 Å². The zero-order valence-corrected chi connectivity index (χ0v) is 11.0. The number of rotatable bonds is 2. The van der Waals surface area contributed by atoms with Crippen molar-refractivity contribution in [2.24, 2.45) is 5.73 Å². The van der Waals surface area contributed by atoms with Crippen molar-refractivity contribution in [3.05, 3.63) is 35.4 Å². The molecule has 1 aromatic carbocycles. The van der Waals surface area contributed by atoms with Crippen molar-refractivity contribution >= 4 is 11.8 Å². The second kappa shape index (κ2) is 6.22. The number of aliphatic hydroxyl groups excluding tert-OH is 1. The lowest BCUT2D eigenvalue weighted by Gasteiger charge is -2.22. The van der Waals surface area contributed by atoms with Gasteiger partial charge in [0, 0.05) is 17.7 Å². The number of nitrogens with two attached hydrogens (primary N) is 1. The van der Waals surface area contributed by atoms with Crippen LogP contribution in [0, 0.1) is 11.8 Å². The second-order valence-corrected chi connectivity index (χ2v) is 4.60. The van der Waals surface area contributed by atoms with Crippen LogP contribution in [0.15, 0.2) is 24.3 Å². The molecule has 5 heteroatoms. The van der Waals surface area contributed by atoms with E-state index in [-0.39, 0.29) is 12.5 Å². The van der Waals surface area contributed by atoms with Crippen LogP contribution in [0.4, 0.5) is 0 Å². The fraction of sp³-hybridized carbons (Fsp3) is 0.333. The van der Waals surface area contributed by atoms with Crippen molar-refractivity contribution in [3.63, 3.8) is 0 Å². The molecule has 0 aromatic heterocycles. The molecule has 1 fully saturated rings. The number of carbonyl (C=O) groups excluding carboxylic acids is 2. The van der Waals surface area contributed by atoms with Gasteiger partial charge in [-0.1, -0.05) is 11.8 Å². The molecule has 3 N–H and O–H groups in total. The Morgan fingerprint density at radius 3 is 2.65 bits per heavy atom. The van der Waals surface area contributed by atoms with Crippen molar-refractivity contribution in [3.8, 4) is 11.8 Å². The van der Waals surface area contributed by atoms with Gasteiger partial charge in [-0.3, -0.25) is 9.59 Å². The summed E-state index contributed by atoms with van der Waals surface area (Å²) in [7, 11) is 0. The Labute approximate surface area is 117 Å². The first-order valence-electron chi connectivity index (χ1n) is 6.43. The standard InChI is InChI=1S/C15H16N2O3/c16-14(19)13-4-1-9-17(13)15(20)12-7-5-11(6-8-12)3-2-10-18/h5-8,13,18H,1,4,9-10H2,(H2,16,19). The molecule has 0 aliphatic carbocycles. The van der Waals surface area contributed by atoms with Crippen LogP contribution in [-0.2, 0) is 4.79 Å². The molecule has 0 bridgehead atoms. The molecular formula is C15H16N2O3. The van der Waals surface area contributed by atoms with E-state index in [4.69, 9.17) is 10.8 Å². The Balaban J connectivity index is 2.15. The lowest BCUT2D eigenvalue weighted by atomic mass is 10.1. The molecule has 0 spiro atoms. The number of likely N-dealkylation sites (tertiary alicyclic amines) is 1. The lowest BCUT2D eigenvalue weighted by Crippen LogP contribution is -2.43. The van der Waals surface area contributed by atoms with Gasteiger partial charge in [0.05, 0.1) is 0 Å². The van der Waals surface area contributed by atoms with E-state index in [1.54, 1.807) is 24.3 Å². The Kier molecular flexibility index (Phi) is 4.38. The average Bonchev–Trinajstić information content (AvgIpc) is 2.94. The molecule has 0 radical (unpaired) electrons. The van der Waals surface area contributed by atoms with E-state index in [1.165, 1.54) is 4.90 Å². The van der Waals surface area contributed by atoms with Gasteiger partial charge in [0.2, 0.25) is 5.91 Å². The summed E-state index contributed by atoms with van der Waals surface area (Å²) in [6, 6.07) is 6.26. The Morgan fingerprint density at radius 1 is 1.35 bits per heavy atom. The van der Waals surface area contributed by atoms with E-state index >= 15 is 0 Å². The van der Waals surface area contributed by atoms with Crippen molar-refractivity contribution in [2.75, 3.05) is 13.2 Å². The molecule has 1 aliphatic rings. The number of carbonyl (C=O) groups is 2. The minimum absolute atomic E-state index is 0.187. The first-order chi connectivity index (χ1) is 9.63. The summed E-state index contributed by atoms with van der Waals surface area (Å²) < 4.78 is 0. The number of aliphatic hydroxyl groups is 1. The molecule has 1 aromatic rings. The average molecular weight is 272 g/mol. The van der Waals surface area contributed by atoms with Gasteiger partial charge >= 0.3 is 0 Å². The van der Waals surface area contributed by atoms with Crippen LogP contribution in [0.25, 0.3) is 0 Å². The Bertz CT molecular complexity index is 569. The van der Waals surface area contributed by atoms with Crippen LogP contribution in [0.5, 0.6) is 0 Å². The molecule has 20 heavy (non-hydrogen) atoms. The van der Waals surface area contributed by atoms with Gasteiger partial charge in [-0.25, -0.2) is 0 Å². The van der Waals surface area contributed by atoms with Crippen LogP contribution < -0.4 is 5.73 Å². The predicted molar refractivity (Wildman–Crippen MR) is 73.7 cm³/mol. The maximum absolute atomic E-state index is 12.3. The van der Waals surface area contributed by atoms with Crippen LogP contribution in [0.3, 0.4) is 0 Å². The van der Waals surface area contributed by atoms with Crippen molar-refractivity contribution in [1.29, 1.82) is 0 Å². The third kappa shape index (κ3) is 2.98. The highest BCUT2D eigenvalue weighted by atomic mass is 16.2. The fourth-order valence-corrected chi connectivity index (χ4v) is 2.31. The van der Waals surface area contributed by atoms with E-state index in [2.05, 4.69) is 11.8 Å². The zero-order chi connectivity index (χ0) is 14.5. The molecule has 5 nitrogen and oxygen atoms in total. The minimum atomic E-state index is -0.503. The van der Waals surface area contributed by atoms with Gasteiger partial charge < -0.3 is 15.7 Å². The molecule has 1 saturated heterocycles.